The van der Waals surface area contributed by atoms with Crippen LogP contribution in [0.25, 0.3) is 0 Å². The van der Waals surface area contributed by atoms with E-state index in [1.54, 1.807) is 17.0 Å². The molecule has 0 aromatic carbocycles. The molecule has 6 heteroatoms. The summed E-state index contributed by atoms with van der Waals surface area (Å²) < 4.78 is 0. The van der Waals surface area contributed by atoms with Gasteiger partial charge in [-0.15, -0.1) is 0 Å². The molecule has 0 N–H and O–H groups in total. The minimum atomic E-state index is -0.0499. The molecule has 1 saturated heterocycles. The first-order valence-electron chi connectivity index (χ1n) is 7.26. The lowest BCUT2D eigenvalue weighted by molar-refractivity contribution is -0.134. The van der Waals surface area contributed by atoms with Crippen LogP contribution < -0.4 is 0 Å². The Kier molecular flexibility index (Phi) is 3.85. The number of carbonyl (C=O) groups is 2. The number of piperazine rings is 1. The maximum absolute atomic E-state index is 12.3. The molecule has 0 spiro atoms. The smallest absolute Gasteiger partial charge is 0.255 e. The number of rotatable bonds is 2. The predicted molar refractivity (Wildman–Crippen MR) is 79.0 cm³/mol. The highest BCUT2D eigenvalue weighted by molar-refractivity contribution is 6.29. The molecular weight excluding hydrogens is 290 g/mol. The number of amides is 2. The molecule has 1 aromatic heterocycles. The molecule has 2 atom stereocenters. The van der Waals surface area contributed by atoms with Crippen LogP contribution in [0.4, 0.5) is 0 Å². The lowest BCUT2D eigenvalue weighted by Gasteiger charge is -2.35. The van der Waals surface area contributed by atoms with Gasteiger partial charge >= 0.3 is 0 Å². The first kappa shape index (κ1) is 14.3. The van der Waals surface area contributed by atoms with Crippen molar-refractivity contribution in [2.45, 2.75) is 13.3 Å². The molecule has 2 heterocycles. The molecule has 1 aliphatic heterocycles. The molecule has 2 fully saturated rings. The van der Waals surface area contributed by atoms with E-state index >= 15 is 0 Å². The molecule has 0 unspecified atom stereocenters. The zero-order valence-corrected chi connectivity index (χ0v) is 12.7. The highest BCUT2D eigenvalue weighted by Gasteiger charge is 2.42. The first-order chi connectivity index (χ1) is 10.1. The van der Waals surface area contributed by atoms with Gasteiger partial charge in [0.15, 0.2) is 0 Å². The minimum absolute atomic E-state index is 0.0499. The molecule has 1 saturated carbocycles. The molecule has 0 bridgehead atoms. The molecule has 5 nitrogen and oxygen atoms in total. The quantitative estimate of drug-likeness (QED) is 0.781. The standard InChI is InChI=1S/C15H18ClN3O2/c1-10-8-12(10)15(21)19-6-4-18(5-7-19)14(20)11-2-3-13(16)17-9-11/h2-3,9-10,12H,4-8H2,1H3/t10-,12+/m0/s1. The van der Waals surface area contributed by atoms with Gasteiger partial charge < -0.3 is 9.80 Å². The van der Waals surface area contributed by atoms with Gasteiger partial charge in [-0.2, -0.15) is 0 Å². The third-order valence-electron chi connectivity index (χ3n) is 4.28. The van der Waals surface area contributed by atoms with Crippen molar-refractivity contribution >= 4 is 23.4 Å². The van der Waals surface area contributed by atoms with Crippen LogP contribution in [0.5, 0.6) is 0 Å². The summed E-state index contributed by atoms with van der Waals surface area (Å²) in [6.45, 7) is 4.50. The molecule has 1 aromatic rings. The number of halogens is 1. The van der Waals surface area contributed by atoms with E-state index in [9.17, 15) is 9.59 Å². The van der Waals surface area contributed by atoms with E-state index in [2.05, 4.69) is 11.9 Å². The fraction of sp³-hybridized carbons (Fsp3) is 0.533. The maximum atomic E-state index is 12.3. The Bertz CT molecular complexity index is 553. The van der Waals surface area contributed by atoms with E-state index in [0.29, 0.717) is 42.8 Å². The Morgan fingerprint density at radius 3 is 2.33 bits per heavy atom. The van der Waals surface area contributed by atoms with Crippen molar-refractivity contribution in [2.75, 3.05) is 26.2 Å². The zero-order chi connectivity index (χ0) is 15.0. The van der Waals surface area contributed by atoms with E-state index in [1.165, 1.54) is 6.20 Å². The first-order valence-corrected chi connectivity index (χ1v) is 7.63. The Balaban J connectivity index is 1.56. The van der Waals surface area contributed by atoms with Crippen molar-refractivity contribution in [3.63, 3.8) is 0 Å². The van der Waals surface area contributed by atoms with Crippen molar-refractivity contribution in [2.24, 2.45) is 11.8 Å². The zero-order valence-electron chi connectivity index (χ0n) is 12.0. The summed E-state index contributed by atoms with van der Waals surface area (Å²) in [5.41, 5.74) is 0.537. The van der Waals surface area contributed by atoms with E-state index in [4.69, 9.17) is 11.6 Å². The maximum Gasteiger partial charge on any atom is 0.255 e. The second-order valence-electron chi connectivity index (χ2n) is 5.81. The summed E-state index contributed by atoms with van der Waals surface area (Å²) >= 11 is 5.72. The Morgan fingerprint density at radius 2 is 1.81 bits per heavy atom. The molecular formula is C15H18ClN3O2. The van der Waals surface area contributed by atoms with Crippen LogP contribution >= 0.6 is 11.6 Å². The summed E-state index contributed by atoms with van der Waals surface area (Å²) in [6.07, 6.45) is 2.50. The molecule has 0 radical (unpaired) electrons. The molecule has 1 aliphatic carbocycles. The topological polar surface area (TPSA) is 53.5 Å². The van der Waals surface area contributed by atoms with Crippen molar-refractivity contribution in [1.29, 1.82) is 0 Å². The lowest BCUT2D eigenvalue weighted by atomic mass is 10.2. The van der Waals surface area contributed by atoms with Gasteiger partial charge in [-0.25, -0.2) is 4.98 Å². The second-order valence-corrected chi connectivity index (χ2v) is 6.19. The van der Waals surface area contributed by atoms with Crippen molar-refractivity contribution < 1.29 is 9.59 Å². The Hall–Kier alpha value is -1.62. The van der Waals surface area contributed by atoms with E-state index < -0.39 is 0 Å². The lowest BCUT2D eigenvalue weighted by Crippen LogP contribution is -2.51. The van der Waals surface area contributed by atoms with Gasteiger partial charge in [0.05, 0.1) is 5.56 Å². The molecule has 3 rings (SSSR count). The number of hydrogen-bond acceptors (Lipinski definition) is 3. The number of pyridine rings is 1. The van der Waals surface area contributed by atoms with E-state index in [-0.39, 0.29) is 17.7 Å². The van der Waals surface area contributed by atoms with Gasteiger partial charge in [0.25, 0.3) is 5.91 Å². The summed E-state index contributed by atoms with van der Waals surface area (Å²) in [4.78, 5) is 32.1. The highest BCUT2D eigenvalue weighted by atomic mass is 35.5. The van der Waals surface area contributed by atoms with Gasteiger partial charge in [0, 0.05) is 38.3 Å². The number of hydrogen-bond donors (Lipinski definition) is 0. The van der Waals surface area contributed by atoms with Gasteiger partial charge in [-0.3, -0.25) is 9.59 Å². The summed E-state index contributed by atoms with van der Waals surface area (Å²) in [6, 6.07) is 3.30. The fourth-order valence-electron chi connectivity index (χ4n) is 2.72. The number of nitrogens with zero attached hydrogens (tertiary/aromatic N) is 3. The van der Waals surface area contributed by atoms with Gasteiger partial charge in [0.1, 0.15) is 5.15 Å². The normalized spacial score (nSPS) is 24.9. The van der Waals surface area contributed by atoms with Crippen LogP contribution in [0.1, 0.15) is 23.7 Å². The van der Waals surface area contributed by atoms with Crippen LogP contribution in [0.3, 0.4) is 0 Å². The number of aromatic nitrogens is 1. The largest absolute Gasteiger partial charge is 0.339 e. The van der Waals surface area contributed by atoms with Gasteiger partial charge in [0.2, 0.25) is 5.91 Å². The van der Waals surface area contributed by atoms with Crippen molar-refractivity contribution in [3.05, 3.63) is 29.0 Å². The molecule has 112 valence electrons. The van der Waals surface area contributed by atoms with Crippen molar-refractivity contribution in [1.82, 2.24) is 14.8 Å². The predicted octanol–water partition coefficient (Wildman–Crippen LogP) is 1.68. The Morgan fingerprint density at radius 1 is 1.19 bits per heavy atom. The highest BCUT2D eigenvalue weighted by Crippen LogP contribution is 2.39. The van der Waals surface area contributed by atoms with Crippen molar-refractivity contribution in [3.8, 4) is 0 Å². The van der Waals surface area contributed by atoms with Gasteiger partial charge in [-0.1, -0.05) is 18.5 Å². The molecule has 2 aliphatic rings. The summed E-state index contributed by atoms with van der Waals surface area (Å²) in [5.74, 6) is 0.943. The average molecular weight is 308 g/mol. The number of carbonyl (C=O) groups excluding carboxylic acids is 2. The third kappa shape index (κ3) is 3.02. The van der Waals surface area contributed by atoms with Crippen LogP contribution in [0, 0.1) is 11.8 Å². The van der Waals surface area contributed by atoms with E-state index in [1.807, 2.05) is 4.90 Å². The minimum Gasteiger partial charge on any atom is -0.339 e. The van der Waals surface area contributed by atoms with Gasteiger partial charge in [-0.05, 0) is 24.5 Å². The second kappa shape index (κ2) is 5.64. The van der Waals surface area contributed by atoms with E-state index in [0.717, 1.165) is 6.42 Å². The fourth-order valence-corrected chi connectivity index (χ4v) is 2.83. The summed E-state index contributed by atoms with van der Waals surface area (Å²) in [7, 11) is 0. The molecule has 21 heavy (non-hydrogen) atoms. The third-order valence-corrected chi connectivity index (χ3v) is 4.50. The summed E-state index contributed by atoms with van der Waals surface area (Å²) in [5, 5.41) is 0.375. The van der Waals surface area contributed by atoms with Crippen LogP contribution in [0.15, 0.2) is 18.3 Å². The van der Waals surface area contributed by atoms with Crippen LogP contribution in [-0.4, -0.2) is 52.8 Å². The average Bonchev–Trinajstić information content (AvgIpc) is 3.24. The molecule has 2 amide bonds. The Labute approximate surface area is 128 Å². The SMILES string of the molecule is C[C@H]1C[C@H]1C(=O)N1CCN(C(=O)c2ccc(Cl)nc2)CC1. The van der Waals surface area contributed by atoms with Crippen LogP contribution in [0.2, 0.25) is 5.15 Å². The van der Waals surface area contributed by atoms with Crippen LogP contribution in [-0.2, 0) is 4.79 Å². The monoisotopic (exact) mass is 307 g/mol.